The first kappa shape index (κ1) is 12.2. The molecule has 1 saturated carbocycles. The fourth-order valence-corrected chi connectivity index (χ4v) is 4.38. The van der Waals surface area contributed by atoms with Crippen LogP contribution in [0.2, 0.25) is 0 Å². The molecular formula is C12H18N2O3S. The topological polar surface area (TPSA) is 75.3 Å². The highest BCUT2D eigenvalue weighted by Gasteiger charge is 2.57. The Morgan fingerprint density at radius 1 is 1.33 bits per heavy atom. The summed E-state index contributed by atoms with van der Waals surface area (Å²) < 4.78 is 22.5. The SMILES string of the molecule is O=C(NC1C=CS(=O)(=O)C1)C1CC12CCNCC2. The molecule has 1 saturated heterocycles. The molecule has 100 valence electrons. The Hall–Kier alpha value is -0.880. The van der Waals surface area contributed by atoms with Gasteiger partial charge < -0.3 is 10.6 Å². The van der Waals surface area contributed by atoms with Crippen molar-refractivity contribution in [1.29, 1.82) is 0 Å². The Morgan fingerprint density at radius 2 is 2.06 bits per heavy atom. The maximum atomic E-state index is 12.1. The summed E-state index contributed by atoms with van der Waals surface area (Å²) in [4.78, 5) is 12.1. The zero-order valence-corrected chi connectivity index (χ0v) is 11.0. The number of carbonyl (C=O) groups excluding carboxylic acids is 1. The van der Waals surface area contributed by atoms with E-state index in [0.717, 1.165) is 32.4 Å². The van der Waals surface area contributed by atoms with E-state index < -0.39 is 9.84 Å². The highest BCUT2D eigenvalue weighted by molar-refractivity contribution is 7.94. The predicted octanol–water partition coefficient (Wildman–Crippen LogP) is -0.197. The number of hydrogen-bond acceptors (Lipinski definition) is 4. The van der Waals surface area contributed by atoms with Gasteiger partial charge >= 0.3 is 0 Å². The lowest BCUT2D eigenvalue weighted by Gasteiger charge is -2.23. The lowest BCUT2D eigenvalue weighted by Crippen LogP contribution is -2.39. The standard InChI is InChI=1S/C12H18N2O3S/c15-11(14-9-1-6-18(16,17)8-9)10-7-12(10)2-4-13-5-3-12/h1,6,9-10,13H,2-5,7-8H2,(H,14,15). The molecule has 5 nitrogen and oxygen atoms in total. The molecule has 18 heavy (non-hydrogen) atoms. The van der Waals surface area contributed by atoms with Crippen LogP contribution >= 0.6 is 0 Å². The summed E-state index contributed by atoms with van der Waals surface area (Å²) in [6, 6.07) is -0.332. The Kier molecular flexibility index (Phi) is 2.75. The van der Waals surface area contributed by atoms with Crippen molar-refractivity contribution in [2.45, 2.75) is 25.3 Å². The van der Waals surface area contributed by atoms with Crippen LogP contribution in [0.25, 0.3) is 0 Å². The maximum absolute atomic E-state index is 12.1. The number of hydrogen-bond donors (Lipinski definition) is 2. The molecule has 3 aliphatic rings. The minimum absolute atomic E-state index is 0.0139. The van der Waals surface area contributed by atoms with Gasteiger partial charge in [-0.3, -0.25) is 4.79 Å². The van der Waals surface area contributed by atoms with Gasteiger partial charge in [-0.15, -0.1) is 0 Å². The van der Waals surface area contributed by atoms with Gasteiger partial charge in [0.15, 0.2) is 9.84 Å². The van der Waals surface area contributed by atoms with Crippen molar-refractivity contribution in [3.05, 3.63) is 11.5 Å². The largest absolute Gasteiger partial charge is 0.349 e. The molecule has 0 radical (unpaired) electrons. The first-order chi connectivity index (χ1) is 8.51. The van der Waals surface area contributed by atoms with Gasteiger partial charge in [-0.2, -0.15) is 0 Å². The van der Waals surface area contributed by atoms with E-state index in [1.807, 2.05) is 0 Å². The van der Waals surface area contributed by atoms with Crippen molar-refractivity contribution in [3.63, 3.8) is 0 Å². The summed E-state index contributed by atoms with van der Waals surface area (Å²) in [6.45, 7) is 1.98. The lowest BCUT2D eigenvalue weighted by molar-refractivity contribution is -0.123. The fourth-order valence-electron chi connectivity index (χ4n) is 3.14. The maximum Gasteiger partial charge on any atom is 0.224 e. The monoisotopic (exact) mass is 270 g/mol. The molecule has 2 N–H and O–H groups in total. The van der Waals surface area contributed by atoms with E-state index in [1.165, 1.54) is 5.41 Å². The molecule has 1 spiro atoms. The van der Waals surface area contributed by atoms with Gasteiger partial charge in [-0.25, -0.2) is 8.42 Å². The summed E-state index contributed by atoms with van der Waals surface area (Å²) in [7, 11) is -3.09. The van der Waals surface area contributed by atoms with Crippen LogP contribution in [-0.2, 0) is 14.6 Å². The van der Waals surface area contributed by atoms with E-state index in [-0.39, 0.29) is 29.0 Å². The normalized spacial score (nSPS) is 35.6. The van der Waals surface area contributed by atoms with E-state index in [1.54, 1.807) is 6.08 Å². The van der Waals surface area contributed by atoms with E-state index in [4.69, 9.17) is 0 Å². The molecule has 2 fully saturated rings. The van der Waals surface area contributed by atoms with Crippen LogP contribution < -0.4 is 10.6 Å². The van der Waals surface area contributed by atoms with Crippen LogP contribution in [0.5, 0.6) is 0 Å². The summed E-state index contributed by atoms with van der Waals surface area (Å²) >= 11 is 0. The molecule has 2 aliphatic heterocycles. The van der Waals surface area contributed by atoms with Crippen LogP contribution in [0.1, 0.15) is 19.3 Å². The van der Waals surface area contributed by atoms with Gasteiger partial charge in [0, 0.05) is 11.3 Å². The Bertz CT molecular complexity index is 491. The summed E-state index contributed by atoms with van der Waals surface area (Å²) in [5, 5.41) is 7.34. The van der Waals surface area contributed by atoms with Crippen LogP contribution in [0.15, 0.2) is 11.5 Å². The first-order valence-corrected chi connectivity index (χ1v) is 8.14. The first-order valence-electron chi connectivity index (χ1n) is 6.43. The van der Waals surface area contributed by atoms with Crippen molar-refractivity contribution < 1.29 is 13.2 Å². The molecule has 0 bridgehead atoms. The number of amides is 1. The quantitative estimate of drug-likeness (QED) is 0.729. The van der Waals surface area contributed by atoms with Crippen molar-refractivity contribution in [3.8, 4) is 0 Å². The molecule has 2 heterocycles. The highest BCUT2D eigenvalue weighted by atomic mass is 32.2. The number of rotatable bonds is 2. The minimum atomic E-state index is -3.09. The van der Waals surface area contributed by atoms with Crippen LogP contribution in [0.4, 0.5) is 0 Å². The summed E-state index contributed by atoms with van der Waals surface area (Å²) in [5.74, 6) is 0.139. The third kappa shape index (κ3) is 2.19. The molecule has 0 aromatic heterocycles. The van der Waals surface area contributed by atoms with E-state index in [9.17, 15) is 13.2 Å². The predicted molar refractivity (Wildman–Crippen MR) is 67.5 cm³/mol. The highest BCUT2D eigenvalue weighted by Crippen LogP contribution is 2.58. The van der Waals surface area contributed by atoms with Crippen molar-refractivity contribution >= 4 is 15.7 Å². The number of sulfone groups is 1. The average molecular weight is 270 g/mol. The van der Waals surface area contributed by atoms with Gasteiger partial charge in [0.05, 0.1) is 11.8 Å². The average Bonchev–Trinajstić information content (AvgIpc) is 2.89. The summed E-state index contributed by atoms with van der Waals surface area (Å²) in [6.07, 6.45) is 4.65. The van der Waals surface area contributed by atoms with E-state index in [2.05, 4.69) is 10.6 Å². The summed E-state index contributed by atoms with van der Waals surface area (Å²) in [5.41, 5.74) is 0.205. The molecule has 1 amide bonds. The van der Waals surface area contributed by atoms with Crippen molar-refractivity contribution in [1.82, 2.24) is 10.6 Å². The second kappa shape index (κ2) is 4.06. The van der Waals surface area contributed by atoms with Crippen molar-refractivity contribution in [2.24, 2.45) is 11.3 Å². The van der Waals surface area contributed by atoms with Crippen LogP contribution in [-0.4, -0.2) is 39.2 Å². The number of piperidine rings is 1. The van der Waals surface area contributed by atoms with Gasteiger partial charge in [0.2, 0.25) is 5.91 Å². The number of nitrogens with one attached hydrogen (secondary N) is 2. The molecule has 3 rings (SSSR count). The molecule has 0 aromatic rings. The van der Waals surface area contributed by atoms with Crippen molar-refractivity contribution in [2.75, 3.05) is 18.8 Å². The van der Waals surface area contributed by atoms with Gasteiger partial charge in [-0.1, -0.05) is 0 Å². The third-order valence-electron chi connectivity index (χ3n) is 4.36. The van der Waals surface area contributed by atoms with Gasteiger partial charge in [0.25, 0.3) is 0 Å². The van der Waals surface area contributed by atoms with Gasteiger partial charge in [0.1, 0.15) is 0 Å². The van der Waals surface area contributed by atoms with E-state index in [0.29, 0.717) is 0 Å². The van der Waals surface area contributed by atoms with Crippen LogP contribution in [0.3, 0.4) is 0 Å². The molecule has 1 aliphatic carbocycles. The molecule has 6 heteroatoms. The molecule has 2 unspecified atom stereocenters. The minimum Gasteiger partial charge on any atom is -0.349 e. The van der Waals surface area contributed by atoms with Gasteiger partial charge in [-0.05, 0) is 43.8 Å². The van der Waals surface area contributed by atoms with Crippen LogP contribution in [0, 0.1) is 11.3 Å². The lowest BCUT2D eigenvalue weighted by atomic mass is 9.91. The second-order valence-electron chi connectivity index (χ2n) is 5.64. The number of carbonyl (C=O) groups is 1. The second-order valence-corrected chi connectivity index (χ2v) is 7.57. The fraction of sp³-hybridized carbons (Fsp3) is 0.750. The molecule has 0 aromatic carbocycles. The Morgan fingerprint density at radius 3 is 2.67 bits per heavy atom. The zero-order chi connectivity index (χ0) is 12.8. The zero-order valence-electron chi connectivity index (χ0n) is 10.2. The third-order valence-corrected chi connectivity index (χ3v) is 5.76. The Balaban J connectivity index is 1.56. The van der Waals surface area contributed by atoms with E-state index >= 15 is 0 Å². The Labute approximate surface area is 107 Å². The molecular weight excluding hydrogens is 252 g/mol. The smallest absolute Gasteiger partial charge is 0.224 e. The molecule has 2 atom stereocenters.